The van der Waals surface area contributed by atoms with Crippen LogP contribution in [-0.2, 0) is 9.53 Å². The van der Waals surface area contributed by atoms with E-state index < -0.39 is 0 Å². The zero-order chi connectivity index (χ0) is 23.5. The Morgan fingerprint density at radius 3 is 2.61 bits per heavy atom. The van der Waals surface area contributed by atoms with Gasteiger partial charge in [-0.2, -0.15) is 0 Å². The molecule has 1 saturated carbocycles. The van der Waals surface area contributed by atoms with Crippen molar-refractivity contribution in [1.82, 2.24) is 9.88 Å². The molecule has 2 N–H and O–H groups in total. The molecule has 178 valence electrons. The number of halogens is 1. The number of pyridine rings is 1. The van der Waals surface area contributed by atoms with Crippen LogP contribution in [0.15, 0.2) is 24.3 Å². The highest BCUT2D eigenvalue weighted by atomic mass is 19.1. The van der Waals surface area contributed by atoms with Gasteiger partial charge in [0.25, 0.3) is 0 Å². The number of nitrogens with zero attached hydrogens (tertiary/aromatic N) is 3. The number of piperazine rings is 1. The van der Waals surface area contributed by atoms with Crippen LogP contribution in [0.25, 0.3) is 11.1 Å². The number of nitrogen functional groups attached to an aromatic ring is 1. The lowest BCUT2D eigenvalue weighted by atomic mass is 9.95. The molecule has 6 nitrogen and oxygen atoms in total. The van der Waals surface area contributed by atoms with Crippen LogP contribution in [0, 0.1) is 12.7 Å². The van der Waals surface area contributed by atoms with Crippen molar-refractivity contribution in [3.05, 3.63) is 41.3 Å². The minimum Gasteiger partial charge on any atom is -0.396 e. The molecule has 0 bridgehead atoms. The van der Waals surface area contributed by atoms with Gasteiger partial charge in [0, 0.05) is 44.3 Å². The number of nitrogens with two attached hydrogens (primary N) is 1. The standard InChI is InChI=1S/C26H35FN4O2/c1-4-5-21-16-30(13-14-31(21)22(32)12-15-33-3)26-24(28)17(2)23(25(29-26)19-6-7-19)18-8-10-20(27)11-9-18/h8-11,19,21H,4-7,12-16,28H2,1-3H3/t21-/m1/s1. The van der Waals surface area contributed by atoms with Crippen molar-refractivity contribution in [1.29, 1.82) is 0 Å². The number of methoxy groups -OCH3 is 1. The predicted molar refractivity (Wildman–Crippen MR) is 130 cm³/mol. The molecule has 33 heavy (non-hydrogen) atoms. The van der Waals surface area contributed by atoms with Crippen LogP contribution < -0.4 is 10.6 Å². The maximum atomic E-state index is 13.5. The first-order valence-electron chi connectivity index (χ1n) is 12.0. The van der Waals surface area contributed by atoms with Crippen molar-refractivity contribution >= 4 is 17.4 Å². The topological polar surface area (TPSA) is 71.7 Å². The normalized spacial score (nSPS) is 18.6. The third-order valence-electron chi connectivity index (χ3n) is 6.84. The Kier molecular flexibility index (Phi) is 7.17. The van der Waals surface area contributed by atoms with E-state index in [4.69, 9.17) is 15.5 Å². The Labute approximate surface area is 195 Å². The minimum absolute atomic E-state index is 0.135. The number of benzene rings is 1. The molecule has 4 rings (SSSR count). The van der Waals surface area contributed by atoms with Gasteiger partial charge in [-0.25, -0.2) is 9.37 Å². The SMILES string of the molecule is CCC[C@@H]1CN(c2nc(C3CC3)c(-c3ccc(F)cc3)c(C)c2N)CCN1C(=O)CCOC. The summed E-state index contributed by atoms with van der Waals surface area (Å²) in [6.45, 7) is 6.72. The number of ether oxygens (including phenoxy) is 1. The molecule has 0 unspecified atom stereocenters. The average Bonchev–Trinajstić information content (AvgIpc) is 3.65. The summed E-state index contributed by atoms with van der Waals surface area (Å²) in [6.07, 6.45) is 4.59. The van der Waals surface area contributed by atoms with Gasteiger partial charge in [-0.15, -0.1) is 0 Å². The number of anilines is 2. The highest BCUT2D eigenvalue weighted by Crippen LogP contribution is 2.47. The van der Waals surface area contributed by atoms with E-state index in [9.17, 15) is 9.18 Å². The van der Waals surface area contributed by atoms with Crippen molar-refractivity contribution < 1.29 is 13.9 Å². The van der Waals surface area contributed by atoms with E-state index >= 15 is 0 Å². The number of carbonyl (C=O) groups excluding carboxylic acids is 1. The van der Waals surface area contributed by atoms with E-state index in [1.165, 1.54) is 12.1 Å². The van der Waals surface area contributed by atoms with E-state index in [2.05, 4.69) is 11.8 Å². The Morgan fingerprint density at radius 2 is 1.97 bits per heavy atom. The second kappa shape index (κ2) is 10.1. The smallest absolute Gasteiger partial charge is 0.225 e. The van der Waals surface area contributed by atoms with E-state index in [0.29, 0.717) is 37.7 Å². The van der Waals surface area contributed by atoms with Crippen molar-refractivity contribution in [2.75, 3.05) is 44.0 Å². The fourth-order valence-corrected chi connectivity index (χ4v) is 4.89. The largest absolute Gasteiger partial charge is 0.396 e. The van der Waals surface area contributed by atoms with E-state index in [1.807, 2.05) is 24.0 Å². The molecule has 1 aliphatic heterocycles. The van der Waals surface area contributed by atoms with Crippen molar-refractivity contribution in [3.8, 4) is 11.1 Å². The first-order chi connectivity index (χ1) is 15.9. The quantitative estimate of drug-likeness (QED) is 0.635. The zero-order valence-corrected chi connectivity index (χ0v) is 19.9. The van der Waals surface area contributed by atoms with E-state index in [0.717, 1.165) is 60.4 Å². The molecule has 1 aromatic carbocycles. The van der Waals surface area contributed by atoms with E-state index in [1.54, 1.807) is 7.11 Å². The van der Waals surface area contributed by atoms with Crippen LogP contribution in [0.4, 0.5) is 15.9 Å². The first kappa shape index (κ1) is 23.5. The molecule has 0 spiro atoms. The summed E-state index contributed by atoms with van der Waals surface area (Å²) >= 11 is 0. The molecule has 2 heterocycles. The number of amides is 1. The summed E-state index contributed by atoms with van der Waals surface area (Å²) in [7, 11) is 1.62. The number of hydrogen-bond acceptors (Lipinski definition) is 5. The Hall–Kier alpha value is -2.67. The summed E-state index contributed by atoms with van der Waals surface area (Å²) in [4.78, 5) is 22.1. The Bertz CT molecular complexity index is 991. The molecule has 1 saturated heterocycles. The molecule has 1 aromatic heterocycles. The highest BCUT2D eigenvalue weighted by Gasteiger charge is 2.34. The Balaban J connectivity index is 1.65. The molecular weight excluding hydrogens is 419 g/mol. The van der Waals surface area contributed by atoms with Gasteiger partial charge in [-0.1, -0.05) is 25.5 Å². The second-order valence-corrected chi connectivity index (χ2v) is 9.23. The predicted octanol–water partition coefficient (Wildman–Crippen LogP) is 4.51. The number of aromatic nitrogens is 1. The van der Waals surface area contributed by atoms with Gasteiger partial charge in [-0.3, -0.25) is 4.79 Å². The molecule has 1 amide bonds. The number of hydrogen-bond donors (Lipinski definition) is 1. The summed E-state index contributed by atoms with van der Waals surface area (Å²) in [5.41, 5.74) is 11.4. The fourth-order valence-electron chi connectivity index (χ4n) is 4.89. The maximum absolute atomic E-state index is 13.5. The second-order valence-electron chi connectivity index (χ2n) is 9.23. The lowest BCUT2D eigenvalue weighted by Crippen LogP contribution is -2.55. The molecule has 1 aliphatic carbocycles. The summed E-state index contributed by atoms with van der Waals surface area (Å²) in [6, 6.07) is 6.74. The molecule has 1 atom stereocenters. The highest BCUT2D eigenvalue weighted by molar-refractivity contribution is 5.82. The third-order valence-corrected chi connectivity index (χ3v) is 6.84. The van der Waals surface area contributed by atoms with E-state index in [-0.39, 0.29) is 17.8 Å². The van der Waals surface area contributed by atoms with Crippen molar-refractivity contribution in [3.63, 3.8) is 0 Å². The van der Waals surface area contributed by atoms with Gasteiger partial charge in [0.05, 0.1) is 24.4 Å². The van der Waals surface area contributed by atoms with Crippen LogP contribution in [0.1, 0.15) is 56.2 Å². The van der Waals surface area contributed by atoms with Gasteiger partial charge in [0.1, 0.15) is 5.82 Å². The van der Waals surface area contributed by atoms with Gasteiger partial charge >= 0.3 is 0 Å². The first-order valence-corrected chi connectivity index (χ1v) is 12.0. The Morgan fingerprint density at radius 1 is 1.24 bits per heavy atom. The third kappa shape index (κ3) is 4.98. The lowest BCUT2D eigenvalue weighted by molar-refractivity contribution is -0.135. The summed E-state index contributed by atoms with van der Waals surface area (Å²) in [5.74, 6) is 1.15. The van der Waals surface area contributed by atoms with Gasteiger partial charge in [-0.05, 0) is 49.4 Å². The monoisotopic (exact) mass is 454 g/mol. The molecule has 2 fully saturated rings. The van der Waals surface area contributed by atoms with Gasteiger partial charge in [0.15, 0.2) is 5.82 Å². The minimum atomic E-state index is -0.248. The van der Waals surface area contributed by atoms with Crippen LogP contribution in [0.5, 0.6) is 0 Å². The number of carbonyl (C=O) groups is 1. The van der Waals surface area contributed by atoms with Crippen molar-refractivity contribution in [2.24, 2.45) is 0 Å². The summed E-state index contributed by atoms with van der Waals surface area (Å²) in [5, 5.41) is 0. The lowest BCUT2D eigenvalue weighted by Gasteiger charge is -2.42. The van der Waals surface area contributed by atoms with Crippen LogP contribution in [-0.4, -0.2) is 55.2 Å². The molecule has 2 aliphatic rings. The average molecular weight is 455 g/mol. The molecular formula is C26H35FN4O2. The fraction of sp³-hybridized carbons (Fsp3) is 0.538. The van der Waals surface area contributed by atoms with Crippen LogP contribution >= 0.6 is 0 Å². The number of rotatable bonds is 8. The summed E-state index contributed by atoms with van der Waals surface area (Å²) < 4.78 is 18.6. The maximum Gasteiger partial charge on any atom is 0.225 e. The van der Waals surface area contributed by atoms with Crippen LogP contribution in [0.3, 0.4) is 0 Å². The zero-order valence-electron chi connectivity index (χ0n) is 19.9. The molecule has 2 aromatic rings. The van der Waals surface area contributed by atoms with Gasteiger partial charge in [0.2, 0.25) is 5.91 Å². The van der Waals surface area contributed by atoms with Gasteiger partial charge < -0.3 is 20.3 Å². The molecule has 7 heteroatoms. The van der Waals surface area contributed by atoms with Crippen LogP contribution in [0.2, 0.25) is 0 Å². The van der Waals surface area contributed by atoms with Crippen molar-refractivity contribution in [2.45, 2.75) is 57.9 Å². The molecule has 0 radical (unpaired) electrons.